The van der Waals surface area contributed by atoms with Crippen molar-refractivity contribution in [3.8, 4) is 5.75 Å². The molecule has 33 heavy (non-hydrogen) atoms. The van der Waals surface area contributed by atoms with E-state index >= 15 is 0 Å². The smallest absolute Gasteiger partial charge is 0.335 e. The molecule has 0 spiro atoms. The second kappa shape index (κ2) is 10.5. The van der Waals surface area contributed by atoms with Crippen molar-refractivity contribution in [2.24, 2.45) is 0 Å². The van der Waals surface area contributed by atoms with E-state index in [1.165, 1.54) is 37.3 Å². The van der Waals surface area contributed by atoms with Crippen molar-refractivity contribution < 1.29 is 29.0 Å². The summed E-state index contributed by atoms with van der Waals surface area (Å²) in [5, 5.41) is 14.3. The number of rotatable bonds is 7. The Hall–Kier alpha value is -4.72. The number of aromatic carboxylic acids is 1. The van der Waals surface area contributed by atoms with E-state index in [1.54, 1.807) is 54.6 Å². The van der Waals surface area contributed by atoms with E-state index in [1.807, 2.05) is 0 Å². The Labute approximate surface area is 189 Å². The van der Waals surface area contributed by atoms with Crippen LogP contribution in [0.4, 0.5) is 5.69 Å². The van der Waals surface area contributed by atoms with E-state index in [2.05, 4.69) is 10.6 Å². The monoisotopic (exact) mass is 444 g/mol. The summed E-state index contributed by atoms with van der Waals surface area (Å²) in [7, 11) is 0. The van der Waals surface area contributed by atoms with Gasteiger partial charge in [0.15, 0.2) is 0 Å². The molecule has 3 N–H and O–H groups in total. The molecule has 3 aromatic rings. The van der Waals surface area contributed by atoms with Crippen LogP contribution in [0.25, 0.3) is 6.08 Å². The molecule has 0 radical (unpaired) electrons. The number of benzene rings is 3. The van der Waals surface area contributed by atoms with Gasteiger partial charge in [-0.25, -0.2) is 4.79 Å². The summed E-state index contributed by atoms with van der Waals surface area (Å²) in [6.07, 6.45) is 1.45. The molecule has 0 saturated carbocycles. The summed E-state index contributed by atoms with van der Waals surface area (Å²) in [5.41, 5.74) is 1.11. The average molecular weight is 444 g/mol. The number of carboxylic acids is 1. The highest BCUT2D eigenvalue weighted by Crippen LogP contribution is 2.16. The highest BCUT2D eigenvalue weighted by atomic mass is 16.5. The minimum atomic E-state index is -1.13. The third kappa shape index (κ3) is 6.63. The SMILES string of the molecule is CC(=O)Oc1ccc(/C=C(\NC(=O)c2ccccc2)C(=O)Nc2cccc(C(=O)O)c2)cc1. The van der Waals surface area contributed by atoms with Gasteiger partial charge in [-0.15, -0.1) is 0 Å². The number of ether oxygens (including phenoxy) is 1. The molecule has 8 nitrogen and oxygen atoms in total. The van der Waals surface area contributed by atoms with Crippen molar-refractivity contribution in [1.82, 2.24) is 5.32 Å². The lowest BCUT2D eigenvalue weighted by Crippen LogP contribution is -2.30. The van der Waals surface area contributed by atoms with Gasteiger partial charge in [-0.2, -0.15) is 0 Å². The van der Waals surface area contributed by atoms with Crippen LogP contribution >= 0.6 is 0 Å². The van der Waals surface area contributed by atoms with Gasteiger partial charge in [0.2, 0.25) is 0 Å². The minimum Gasteiger partial charge on any atom is -0.478 e. The van der Waals surface area contributed by atoms with Crippen molar-refractivity contribution in [3.05, 3.63) is 101 Å². The van der Waals surface area contributed by atoms with Crippen molar-refractivity contribution in [1.29, 1.82) is 0 Å². The van der Waals surface area contributed by atoms with Crippen LogP contribution in [0.1, 0.15) is 33.2 Å². The highest BCUT2D eigenvalue weighted by Gasteiger charge is 2.16. The standard InChI is InChI=1S/C25H20N2O6/c1-16(28)33-21-12-10-17(11-13-21)14-22(27-23(29)18-6-3-2-4-7-18)24(30)26-20-9-5-8-19(15-20)25(31)32/h2-15H,1H3,(H,26,30)(H,27,29)(H,31,32)/b22-14-. The Bertz CT molecular complexity index is 1220. The molecule has 0 atom stereocenters. The lowest BCUT2D eigenvalue weighted by molar-refractivity contribution is -0.131. The second-order valence-electron chi connectivity index (χ2n) is 6.88. The molecule has 3 aromatic carbocycles. The van der Waals surface area contributed by atoms with Crippen LogP contribution in [0.5, 0.6) is 5.75 Å². The number of carbonyl (C=O) groups excluding carboxylic acids is 3. The summed E-state index contributed by atoms with van der Waals surface area (Å²) in [6, 6.07) is 20.5. The maximum Gasteiger partial charge on any atom is 0.335 e. The highest BCUT2D eigenvalue weighted by molar-refractivity contribution is 6.11. The van der Waals surface area contributed by atoms with Gasteiger partial charge in [0.1, 0.15) is 11.4 Å². The lowest BCUT2D eigenvalue weighted by Gasteiger charge is -2.12. The van der Waals surface area contributed by atoms with Crippen LogP contribution in [0, 0.1) is 0 Å². The summed E-state index contributed by atoms with van der Waals surface area (Å²) in [5.74, 6) is -2.40. The third-order valence-corrected chi connectivity index (χ3v) is 4.35. The number of hydrogen-bond donors (Lipinski definition) is 3. The third-order valence-electron chi connectivity index (χ3n) is 4.35. The zero-order chi connectivity index (χ0) is 23.8. The van der Waals surface area contributed by atoms with E-state index in [9.17, 15) is 19.2 Å². The first-order valence-corrected chi connectivity index (χ1v) is 9.83. The molecule has 0 aliphatic carbocycles. The molecule has 0 aliphatic heterocycles. The Kier molecular flexibility index (Phi) is 7.33. The van der Waals surface area contributed by atoms with E-state index in [0.717, 1.165) is 0 Å². The zero-order valence-corrected chi connectivity index (χ0v) is 17.6. The zero-order valence-electron chi connectivity index (χ0n) is 17.6. The van der Waals surface area contributed by atoms with Gasteiger partial charge < -0.3 is 20.5 Å². The van der Waals surface area contributed by atoms with Crippen LogP contribution in [0.3, 0.4) is 0 Å². The van der Waals surface area contributed by atoms with Crippen molar-refractivity contribution >= 4 is 35.5 Å². The minimum absolute atomic E-state index is 0.00714. The molecular formula is C25H20N2O6. The number of esters is 1. The van der Waals surface area contributed by atoms with Crippen molar-refractivity contribution in [3.63, 3.8) is 0 Å². The molecule has 3 rings (SSSR count). The summed E-state index contributed by atoms with van der Waals surface area (Å²) < 4.78 is 5.00. The first kappa shape index (κ1) is 23.0. The molecule has 0 bridgehead atoms. The summed E-state index contributed by atoms with van der Waals surface area (Å²) in [6.45, 7) is 1.29. The molecule has 0 aliphatic rings. The number of amides is 2. The van der Waals surface area contributed by atoms with Gasteiger partial charge in [0, 0.05) is 18.2 Å². The molecule has 0 fully saturated rings. The number of anilines is 1. The van der Waals surface area contributed by atoms with Crippen LogP contribution in [-0.4, -0.2) is 28.9 Å². The first-order valence-electron chi connectivity index (χ1n) is 9.83. The Balaban J connectivity index is 1.88. The van der Waals surface area contributed by atoms with Gasteiger partial charge in [-0.3, -0.25) is 14.4 Å². The van der Waals surface area contributed by atoms with Gasteiger partial charge in [0.05, 0.1) is 5.56 Å². The first-order chi connectivity index (χ1) is 15.8. The summed E-state index contributed by atoms with van der Waals surface area (Å²) in [4.78, 5) is 47.9. The lowest BCUT2D eigenvalue weighted by atomic mass is 10.1. The van der Waals surface area contributed by atoms with Crippen molar-refractivity contribution in [2.75, 3.05) is 5.32 Å². The number of nitrogens with one attached hydrogen (secondary N) is 2. The van der Waals surface area contributed by atoms with Gasteiger partial charge in [-0.05, 0) is 54.1 Å². The number of carboxylic acid groups (broad SMARTS) is 1. The fraction of sp³-hybridized carbons (Fsp3) is 0.0400. The molecule has 0 heterocycles. The predicted octanol–water partition coefficient (Wildman–Crippen LogP) is 3.72. The largest absolute Gasteiger partial charge is 0.478 e. The van der Waals surface area contributed by atoms with Gasteiger partial charge in [0.25, 0.3) is 11.8 Å². The Morgan fingerprint density at radius 2 is 1.52 bits per heavy atom. The van der Waals surface area contributed by atoms with E-state index < -0.39 is 23.8 Å². The summed E-state index contributed by atoms with van der Waals surface area (Å²) >= 11 is 0. The van der Waals surface area contributed by atoms with Crippen molar-refractivity contribution in [2.45, 2.75) is 6.92 Å². The van der Waals surface area contributed by atoms with Crippen LogP contribution in [-0.2, 0) is 9.59 Å². The van der Waals surface area contributed by atoms with Crippen LogP contribution in [0.15, 0.2) is 84.6 Å². The molecule has 0 saturated heterocycles. The molecular weight excluding hydrogens is 424 g/mol. The predicted molar refractivity (Wildman–Crippen MR) is 122 cm³/mol. The Morgan fingerprint density at radius 1 is 0.848 bits per heavy atom. The number of hydrogen-bond acceptors (Lipinski definition) is 5. The quantitative estimate of drug-likeness (QED) is 0.290. The topological polar surface area (TPSA) is 122 Å². The molecule has 0 aromatic heterocycles. The van der Waals surface area contributed by atoms with Crippen LogP contribution < -0.4 is 15.4 Å². The second-order valence-corrected chi connectivity index (χ2v) is 6.88. The average Bonchev–Trinajstić information content (AvgIpc) is 2.80. The molecule has 166 valence electrons. The molecule has 8 heteroatoms. The fourth-order valence-corrected chi connectivity index (χ4v) is 2.84. The maximum atomic E-state index is 13.0. The normalized spacial score (nSPS) is 10.8. The van der Waals surface area contributed by atoms with Gasteiger partial charge in [-0.1, -0.05) is 36.4 Å². The van der Waals surface area contributed by atoms with E-state index in [4.69, 9.17) is 9.84 Å². The maximum absolute atomic E-state index is 13.0. The molecule has 2 amide bonds. The van der Waals surface area contributed by atoms with E-state index in [-0.39, 0.29) is 16.9 Å². The van der Waals surface area contributed by atoms with Crippen LogP contribution in [0.2, 0.25) is 0 Å². The van der Waals surface area contributed by atoms with Gasteiger partial charge >= 0.3 is 11.9 Å². The molecule has 0 unspecified atom stereocenters. The Morgan fingerprint density at radius 3 is 2.15 bits per heavy atom. The number of carbonyl (C=O) groups is 4. The fourth-order valence-electron chi connectivity index (χ4n) is 2.84. The van der Waals surface area contributed by atoms with E-state index in [0.29, 0.717) is 16.9 Å².